The largest absolute Gasteiger partial charge is 0.100 e. The monoisotopic (exact) mass is 154 g/mol. The second-order valence-corrected chi connectivity index (χ2v) is 3.15. The van der Waals surface area contributed by atoms with Gasteiger partial charge < -0.3 is 0 Å². The lowest BCUT2D eigenvalue weighted by Gasteiger charge is -2.00. The first-order valence-electron chi connectivity index (χ1n) is 3.37. The molecule has 0 N–H and O–H groups in total. The zero-order chi connectivity index (χ0) is 8.15. The fourth-order valence-electron chi connectivity index (χ4n) is 0.540. The third kappa shape index (κ3) is 4.45. The lowest BCUT2D eigenvalue weighted by Crippen LogP contribution is -1.94. The van der Waals surface area contributed by atoms with Crippen molar-refractivity contribution < 1.29 is 0 Å². The van der Waals surface area contributed by atoms with Gasteiger partial charge in [-0.2, -0.15) is 0 Å². The molecule has 0 bridgehead atoms. The van der Waals surface area contributed by atoms with Gasteiger partial charge in [-0.05, 0) is 32.3 Å². The predicted molar refractivity (Wildman–Crippen MR) is 51.5 cm³/mol. The summed E-state index contributed by atoms with van der Waals surface area (Å²) in [5.74, 6) is 0. The van der Waals surface area contributed by atoms with Gasteiger partial charge in [-0.3, -0.25) is 0 Å². The maximum atomic E-state index is 5.06. The minimum atomic E-state index is 0.931. The van der Waals surface area contributed by atoms with Crippen molar-refractivity contribution in [3.05, 3.63) is 24.3 Å². The lowest BCUT2D eigenvalue weighted by molar-refractivity contribution is 1.03. The van der Waals surface area contributed by atoms with Crippen LogP contribution in [0.5, 0.6) is 0 Å². The van der Waals surface area contributed by atoms with Crippen molar-refractivity contribution in [3.8, 4) is 0 Å². The first kappa shape index (κ1) is 9.57. The van der Waals surface area contributed by atoms with Crippen molar-refractivity contribution in [1.29, 1.82) is 0 Å². The lowest BCUT2D eigenvalue weighted by atomic mass is 10.1. The average Bonchev–Trinajstić information content (AvgIpc) is 1.82. The minimum Gasteiger partial charge on any atom is -0.100 e. The summed E-state index contributed by atoms with van der Waals surface area (Å²) in [4.78, 5) is 0.975. The molecule has 0 fully saturated rings. The van der Waals surface area contributed by atoms with Crippen LogP contribution in [0.2, 0.25) is 0 Å². The van der Waals surface area contributed by atoms with Gasteiger partial charge in [0.25, 0.3) is 0 Å². The quantitative estimate of drug-likeness (QED) is 0.340. The molecule has 1 heteroatoms. The van der Waals surface area contributed by atoms with E-state index in [2.05, 4.69) is 13.2 Å². The molecule has 0 saturated heterocycles. The number of rotatable bonds is 4. The smallest absolute Gasteiger partial charge is 0.0178 e. The Labute approximate surface area is 68.6 Å². The van der Waals surface area contributed by atoms with E-state index in [-0.39, 0.29) is 0 Å². The van der Waals surface area contributed by atoms with Crippen molar-refractivity contribution in [2.24, 2.45) is 0 Å². The number of thiocarbonyl (C=S) groups is 1. The fraction of sp³-hybridized carbons (Fsp3) is 0.444. The highest BCUT2D eigenvalue weighted by Crippen LogP contribution is 2.06. The van der Waals surface area contributed by atoms with Crippen LogP contribution in [0.4, 0.5) is 0 Å². The summed E-state index contributed by atoms with van der Waals surface area (Å²) in [6.45, 7) is 11.5. The molecular weight excluding hydrogens is 140 g/mol. The SMILES string of the molecule is C=C(C)CCC(=S)C(=C)C. The first-order valence-corrected chi connectivity index (χ1v) is 3.78. The Morgan fingerprint density at radius 2 is 1.70 bits per heavy atom. The van der Waals surface area contributed by atoms with Gasteiger partial charge in [0.05, 0.1) is 0 Å². The van der Waals surface area contributed by atoms with E-state index in [0.29, 0.717) is 0 Å². The molecule has 0 rings (SSSR count). The Hall–Kier alpha value is -0.430. The molecule has 0 saturated carbocycles. The Morgan fingerprint density at radius 3 is 2.00 bits per heavy atom. The van der Waals surface area contributed by atoms with E-state index < -0.39 is 0 Å². The molecule has 0 amide bonds. The minimum absolute atomic E-state index is 0.931. The second-order valence-electron chi connectivity index (χ2n) is 2.66. The van der Waals surface area contributed by atoms with Gasteiger partial charge >= 0.3 is 0 Å². The summed E-state index contributed by atoms with van der Waals surface area (Å²) < 4.78 is 0. The molecule has 0 nitrogen and oxygen atoms in total. The Kier molecular flexibility index (Phi) is 4.21. The van der Waals surface area contributed by atoms with Gasteiger partial charge in [0.1, 0.15) is 0 Å². The molecule has 0 spiro atoms. The zero-order valence-electron chi connectivity index (χ0n) is 6.74. The third-order valence-electron chi connectivity index (χ3n) is 1.25. The number of allylic oxidation sites excluding steroid dienone is 2. The van der Waals surface area contributed by atoms with Crippen LogP contribution in [0, 0.1) is 0 Å². The standard InChI is InChI=1S/C9H14S/c1-7(2)5-6-9(10)8(3)4/h1,3,5-6H2,2,4H3. The van der Waals surface area contributed by atoms with Gasteiger partial charge in [0, 0.05) is 4.86 Å². The highest BCUT2D eigenvalue weighted by molar-refractivity contribution is 7.80. The summed E-state index contributed by atoms with van der Waals surface area (Å²) in [5.41, 5.74) is 2.19. The molecule has 0 atom stereocenters. The van der Waals surface area contributed by atoms with Crippen molar-refractivity contribution >= 4 is 17.1 Å². The molecular formula is C9H14S. The Balaban J connectivity index is 3.60. The van der Waals surface area contributed by atoms with Crippen LogP contribution in [-0.2, 0) is 0 Å². The van der Waals surface area contributed by atoms with E-state index in [1.165, 1.54) is 5.57 Å². The fourth-order valence-corrected chi connectivity index (χ4v) is 0.642. The van der Waals surface area contributed by atoms with Crippen LogP contribution >= 0.6 is 12.2 Å². The van der Waals surface area contributed by atoms with E-state index in [0.717, 1.165) is 23.3 Å². The third-order valence-corrected chi connectivity index (χ3v) is 1.81. The normalized spacial score (nSPS) is 9.00. The van der Waals surface area contributed by atoms with E-state index in [4.69, 9.17) is 12.2 Å². The summed E-state index contributed by atoms with van der Waals surface area (Å²) >= 11 is 5.06. The van der Waals surface area contributed by atoms with Crippen molar-refractivity contribution in [3.63, 3.8) is 0 Å². The van der Waals surface area contributed by atoms with Crippen LogP contribution in [-0.4, -0.2) is 4.86 Å². The van der Waals surface area contributed by atoms with Gasteiger partial charge in [0.2, 0.25) is 0 Å². The second kappa shape index (κ2) is 4.40. The molecule has 10 heavy (non-hydrogen) atoms. The molecule has 0 aliphatic carbocycles. The van der Waals surface area contributed by atoms with E-state index in [1.807, 2.05) is 13.8 Å². The van der Waals surface area contributed by atoms with E-state index in [1.54, 1.807) is 0 Å². The van der Waals surface area contributed by atoms with Crippen LogP contribution in [0.1, 0.15) is 26.7 Å². The van der Waals surface area contributed by atoms with Crippen LogP contribution in [0.25, 0.3) is 0 Å². The summed E-state index contributed by atoms with van der Waals surface area (Å²) in [5, 5.41) is 0. The van der Waals surface area contributed by atoms with Crippen LogP contribution in [0.3, 0.4) is 0 Å². The molecule has 0 radical (unpaired) electrons. The number of hydrogen-bond acceptors (Lipinski definition) is 1. The molecule has 0 aromatic heterocycles. The molecule has 0 unspecified atom stereocenters. The summed E-state index contributed by atoms with van der Waals surface area (Å²) in [6, 6.07) is 0. The predicted octanol–water partition coefficient (Wildman–Crippen LogP) is 3.29. The first-order chi connectivity index (χ1) is 4.54. The maximum absolute atomic E-state index is 5.06. The summed E-state index contributed by atoms with van der Waals surface area (Å²) in [7, 11) is 0. The van der Waals surface area contributed by atoms with Crippen LogP contribution in [0.15, 0.2) is 24.3 Å². The van der Waals surface area contributed by atoms with Gasteiger partial charge in [-0.1, -0.05) is 24.4 Å². The topological polar surface area (TPSA) is 0 Å². The van der Waals surface area contributed by atoms with Crippen molar-refractivity contribution in [1.82, 2.24) is 0 Å². The molecule has 0 aromatic carbocycles. The highest BCUT2D eigenvalue weighted by atomic mass is 32.1. The van der Waals surface area contributed by atoms with Crippen LogP contribution < -0.4 is 0 Å². The van der Waals surface area contributed by atoms with Gasteiger partial charge in [-0.15, -0.1) is 6.58 Å². The molecule has 56 valence electrons. The molecule has 0 aliphatic heterocycles. The van der Waals surface area contributed by atoms with Crippen molar-refractivity contribution in [2.75, 3.05) is 0 Å². The molecule has 0 aromatic rings. The number of hydrogen-bond donors (Lipinski definition) is 0. The maximum Gasteiger partial charge on any atom is 0.0178 e. The Morgan fingerprint density at radius 1 is 1.20 bits per heavy atom. The average molecular weight is 154 g/mol. The van der Waals surface area contributed by atoms with Gasteiger partial charge in [0.15, 0.2) is 0 Å². The van der Waals surface area contributed by atoms with E-state index in [9.17, 15) is 0 Å². The van der Waals surface area contributed by atoms with Crippen molar-refractivity contribution in [2.45, 2.75) is 26.7 Å². The van der Waals surface area contributed by atoms with Gasteiger partial charge in [-0.25, -0.2) is 0 Å². The molecule has 0 heterocycles. The van der Waals surface area contributed by atoms with E-state index >= 15 is 0 Å². The molecule has 0 aliphatic rings. The Bertz CT molecular complexity index is 166. The zero-order valence-corrected chi connectivity index (χ0v) is 7.55. The highest BCUT2D eigenvalue weighted by Gasteiger charge is 1.96. The summed E-state index contributed by atoms with van der Waals surface area (Å²) in [6.07, 6.45) is 1.92.